The van der Waals surface area contributed by atoms with Crippen molar-refractivity contribution < 1.29 is 9.18 Å². The summed E-state index contributed by atoms with van der Waals surface area (Å²) >= 11 is 1.51. The largest absolute Gasteiger partial charge is 0.319 e. The molecule has 26 heavy (non-hydrogen) atoms. The standard InChI is InChI=1S/C19H19FN4OS/c1-11-9-15(12(2)24(11)19-22-7-8-26-19)18(25)23-16-4-3-13-10-21-6-5-14(13)17(16)20/h3-4,7-9,21H,5-6,10H2,1-2H3,(H,23,25). The molecule has 0 saturated carbocycles. The predicted octanol–water partition coefficient (Wildman–Crippen LogP) is 3.59. The van der Waals surface area contributed by atoms with Crippen LogP contribution in [0.2, 0.25) is 0 Å². The number of aromatic nitrogens is 2. The summed E-state index contributed by atoms with van der Waals surface area (Å²) in [5.74, 6) is -0.639. The topological polar surface area (TPSA) is 59.0 Å². The molecule has 134 valence electrons. The van der Waals surface area contributed by atoms with Gasteiger partial charge in [-0.25, -0.2) is 9.37 Å². The van der Waals surface area contributed by atoms with Crippen molar-refractivity contribution in [2.24, 2.45) is 0 Å². The highest BCUT2D eigenvalue weighted by Gasteiger charge is 2.21. The highest BCUT2D eigenvalue weighted by molar-refractivity contribution is 7.12. The Hall–Kier alpha value is -2.51. The van der Waals surface area contributed by atoms with E-state index in [1.54, 1.807) is 12.3 Å². The molecule has 3 heterocycles. The lowest BCUT2D eigenvalue weighted by Crippen LogP contribution is -2.25. The minimum Gasteiger partial charge on any atom is -0.319 e. The number of hydrogen-bond donors (Lipinski definition) is 2. The third kappa shape index (κ3) is 2.83. The van der Waals surface area contributed by atoms with Gasteiger partial charge in [-0.05, 0) is 50.1 Å². The molecule has 0 atom stereocenters. The van der Waals surface area contributed by atoms with Crippen LogP contribution in [0.3, 0.4) is 0 Å². The highest BCUT2D eigenvalue weighted by Crippen LogP contribution is 2.27. The second-order valence-corrected chi connectivity index (χ2v) is 7.25. The van der Waals surface area contributed by atoms with Crippen LogP contribution in [-0.4, -0.2) is 22.0 Å². The lowest BCUT2D eigenvalue weighted by molar-refractivity contribution is 0.102. The van der Waals surface area contributed by atoms with Gasteiger partial charge in [0.05, 0.1) is 11.3 Å². The lowest BCUT2D eigenvalue weighted by atomic mass is 9.99. The number of rotatable bonds is 3. The van der Waals surface area contributed by atoms with Gasteiger partial charge in [0.2, 0.25) is 0 Å². The van der Waals surface area contributed by atoms with Gasteiger partial charge in [0.25, 0.3) is 5.91 Å². The van der Waals surface area contributed by atoms with E-state index in [2.05, 4.69) is 15.6 Å². The number of fused-ring (bicyclic) bond motifs is 1. The number of thiazole rings is 1. The first-order valence-electron chi connectivity index (χ1n) is 8.47. The van der Waals surface area contributed by atoms with E-state index in [1.165, 1.54) is 11.3 Å². The van der Waals surface area contributed by atoms with Crippen molar-refractivity contribution >= 4 is 22.9 Å². The Bertz CT molecular complexity index is 978. The van der Waals surface area contributed by atoms with Crippen LogP contribution >= 0.6 is 11.3 Å². The molecule has 0 unspecified atom stereocenters. The number of carbonyl (C=O) groups excluding carboxylic acids is 1. The van der Waals surface area contributed by atoms with Crippen LogP contribution < -0.4 is 10.6 Å². The number of nitrogens with zero attached hydrogens (tertiary/aromatic N) is 2. The van der Waals surface area contributed by atoms with E-state index in [0.717, 1.165) is 28.6 Å². The summed E-state index contributed by atoms with van der Waals surface area (Å²) in [7, 11) is 0. The monoisotopic (exact) mass is 370 g/mol. The maximum Gasteiger partial charge on any atom is 0.257 e. The summed E-state index contributed by atoms with van der Waals surface area (Å²) in [6.07, 6.45) is 2.36. The number of halogens is 1. The Balaban J connectivity index is 1.65. The predicted molar refractivity (Wildman–Crippen MR) is 101 cm³/mol. The summed E-state index contributed by atoms with van der Waals surface area (Å²) in [4.78, 5) is 17.1. The molecule has 1 amide bonds. The second kappa shape index (κ2) is 6.66. The average Bonchev–Trinajstić information content (AvgIpc) is 3.25. The fourth-order valence-electron chi connectivity index (χ4n) is 3.43. The zero-order chi connectivity index (χ0) is 18.3. The van der Waals surface area contributed by atoms with Crippen molar-refractivity contribution in [3.63, 3.8) is 0 Å². The molecular formula is C19H19FN4OS. The maximum absolute atomic E-state index is 14.8. The molecule has 7 heteroatoms. The molecule has 3 aromatic rings. The first-order valence-corrected chi connectivity index (χ1v) is 9.35. The highest BCUT2D eigenvalue weighted by atomic mass is 32.1. The molecule has 1 aliphatic rings. The second-order valence-electron chi connectivity index (χ2n) is 6.38. The summed E-state index contributed by atoms with van der Waals surface area (Å²) in [6, 6.07) is 5.32. The first kappa shape index (κ1) is 16.9. The molecule has 5 nitrogen and oxygen atoms in total. The van der Waals surface area contributed by atoms with Crippen LogP contribution in [0.5, 0.6) is 0 Å². The van der Waals surface area contributed by atoms with Crippen molar-refractivity contribution in [3.05, 3.63) is 63.7 Å². The first-order chi connectivity index (χ1) is 12.6. The Labute approximate surface area is 154 Å². The van der Waals surface area contributed by atoms with E-state index in [-0.39, 0.29) is 17.4 Å². The van der Waals surface area contributed by atoms with Gasteiger partial charge >= 0.3 is 0 Å². The average molecular weight is 370 g/mol. The number of nitrogens with one attached hydrogen (secondary N) is 2. The lowest BCUT2D eigenvalue weighted by Gasteiger charge is -2.19. The zero-order valence-corrected chi connectivity index (χ0v) is 15.4. The zero-order valence-electron chi connectivity index (χ0n) is 14.6. The minimum atomic E-state index is -0.328. The van der Waals surface area contributed by atoms with Gasteiger partial charge in [-0.2, -0.15) is 0 Å². The molecule has 0 spiro atoms. The Morgan fingerprint density at radius 2 is 2.23 bits per heavy atom. The SMILES string of the molecule is Cc1cc(C(=O)Nc2ccc3c(c2F)CCNC3)c(C)n1-c1nccs1. The molecule has 0 radical (unpaired) electrons. The summed E-state index contributed by atoms with van der Waals surface area (Å²) in [5.41, 5.74) is 4.10. The molecule has 4 rings (SSSR count). The minimum absolute atomic E-state index is 0.231. The van der Waals surface area contributed by atoms with Gasteiger partial charge in [-0.1, -0.05) is 6.07 Å². The molecule has 0 saturated heterocycles. The van der Waals surface area contributed by atoms with E-state index in [4.69, 9.17) is 0 Å². The maximum atomic E-state index is 14.8. The van der Waals surface area contributed by atoms with E-state index in [0.29, 0.717) is 24.1 Å². The Kier molecular flexibility index (Phi) is 4.34. The summed E-state index contributed by atoms with van der Waals surface area (Å²) in [6.45, 7) is 5.21. The van der Waals surface area contributed by atoms with E-state index >= 15 is 0 Å². The molecule has 2 N–H and O–H groups in total. The van der Waals surface area contributed by atoms with Crippen molar-refractivity contribution in [1.82, 2.24) is 14.9 Å². The van der Waals surface area contributed by atoms with Crippen molar-refractivity contribution in [3.8, 4) is 5.13 Å². The number of carbonyl (C=O) groups is 1. The molecule has 0 aliphatic carbocycles. The molecule has 1 aliphatic heterocycles. The van der Waals surface area contributed by atoms with Gasteiger partial charge in [0, 0.05) is 29.5 Å². The smallest absolute Gasteiger partial charge is 0.257 e. The van der Waals surface area contributed by atoms with Crippen LogP contribution in [0.1, 0.15) is 32.9 Å². The third-order valence-electron chi connectivity index (χ3n) is 4.74. The number of hydrogen-bond acceptors (Lipinski definition) is 4. The number of anilines is 1. The third-order valence-corrected chi connectivity index (χ3v) is 5.50. The summed E-state index contributed by atoms with van der Waals surface area (Å²) < 4.78 is 16.7. The normalized spacial score (nSPS) is 13.5. The number of aryl methyl sites for hydroxylation is 1. The van der Waals surface area contributed by atoms with Gasteiger partial charge in [-0.15, -0.1) is 11.3 Å². The molecule has 2 aromatic heterocycles. The van der Waals surface area contributed by atoms with Crippen LogP contribution in [0, 0.1) is 19.7 Å². The van der Waals surface area contributed by atoms with E-state index < -0.39 is 0 Å². The van der Waals surface area contributed by atoms with E-state index in [1.807, 2.05) is 35.9 Å². The van der Waals surface area contributed by atoms with Crippen molar-refractivity contribution in [1.29, 1.82) is 0 Å². The van der Waals surface area contributed by atoms with Crippen molar-refractivity contribution in [2.45, 2.75) is 26.8 Å². The number of benzene rings is 1. The molecule has 1 aromatic carbocycles. The van der Waals surface area contributed by atoms with Crippen LogP contribution in [0.4, 0.5) is 10.1 Å². The van der Waals surface area contributed by atoms with Gasteiger partial charge in [0.15, 0.2) is 5.13 Å². The molecule has 0 fully saturated rings. The van der Waals surface area contributed by atoms with Crippen LogP contribution in [0.15, 0.2) is 29.8 Å². The van der Waals surface area contributed by atoms with Crippen LogP contribution in [0.25, 0.3) is 5.13 Å². The molecular weight excluding hydrogens is 351 g/mol. The van der Waals surface area contributed by atoms with E-state index in [9.17, 15) is 9.18 Å². The van der Waals surface area contributed by atoms with Gasteiger partial charge < -0.3 is 10.6 Å². The van der Waals surface area contributed by atoms with Crippen molar-refractivity contribution in [2.75, 3.05) is 11.9 Å². The fraction of sp³-hybridized carbons (Fsp3) is 0.263. The fourth-order valence-corrected chi connectivity index (χ4v) is 4.18. The summed E-state index contributed by atoms with van der Waals surface area (Å²) in [5, 5.41) is 8.67. The Morgan fingerprint density at radius 3 is 3.00 bits per heavy atom. The van der Waals surface area contributed by atoms with Gasteiger partial charge in [-0.3, -0.25) is 9.36 Å². The Morgan fingerprint density at radius 1 is 1.38 bits per heavy atom. The molecule has 0 bridgehead atoms. The van der Waals surface area contributed by atoms with Gasteiger partial charge in [0.1, 0.15) is 5.82 Å². The van der Waals surface area contributed by atoms with Crippen LogP contribution in [-0.2, 0) is 13.0 Å². The quantitative estimate of drug-likeness (QED) is 0.741. The number of amides is 1.